The molecular formula is C14H23N5O2. The Morgan fingerprint density at radius 2 is 2.10 bits per heavy atom. The van der Waals surface area contributed by atoms with E-state index in [4.69, 9.17) is 0 Å². The third-order valence-corrected chi connectivity index (χ3v) is 4.57. The molecule has 2 aliphatic rings. The van der Waals surface area contributed by atoms with Crippen molar-refractivity contribution >= 4 is 5.91 Å². The summed E-state index contributed by atoms with van der Waals surface area (Å²) < 4.78 is 3.07. The molecule has 1 aromatic heterocycles. The molecule has 1 amide bonds. The zero-order valence-corrected chi connectivity index (χ0v) is 12.8. The Bertz CT molecular complexity index is 591. The third kappa shape index (κ3) is 2.74. The molecule has 7 heteroatoms. The number of rotatable bonds is 2. The molecule has 116 valence electrons. The average Bonchev–Trinajstić information content (AvgIpc) is 2.74. The second kappa shape index (κ2) is 5.63. The first-order chi connectivity index (χ1) is 10.1. The first-order valence-corrected chi connectivity index (χ1v) is 7.71. The van der Waals surface area contributed by atoms with E-state index in [1.54, 1.807) is 11.6 Å². The van der Waals surface area contributed by atoms with Crippen LogP contribution < -0.4 is 5.69 Å². The quantitative estimate of drug-likeness (QED) is 0.757. The molecule has 1 unspecified atom stereocenters. The summed E-state index contributed by atoms with van der Waals surface area (Å²) in [6.07, 6.45) is 3.43. The molecule has 0 N–H and O–H groups in total. The normalized spacial score (nSPS) is 23.1. The summed E-state index contributed by atoms with van der Waals surface area (Å²) in [4.78, 5) is 28.3. The van der Waals surface area contributed by atoms with Crippen LogP contribution in [0.25, 0.3) is 0 Å². The Hall–Kier alpha value is -1.63. The van der Waals surface area contributed by atoms with Gasteiger partial charge in [0, 0.05) is 32.7 Å². The predicted octanol–water partition coefficient (Wildman–Crippen LogP) is -0.202. The maximum atomic E-state index is 12.5. The van der Waals surface area contributed by atoms with E-state index in [1.165, 1.54) is 11.1 Å². The lowest BCUT2D eigenvalue weighted by Crippen LogP contribution is -2.48. The molecule has 0 aromatic carbocycles. The zero-order chi connectivity index (χ0) is 15.0. The first-order valence-electron chi connectivity index (χ1n) is 7.71. The highest BCUT2D eigenvalue weighted by molar-refractivity contribution is 5.78. The number of aromatic nitrogens is 3. The standard InChI is InChI=1S/C14H23N5O2/c1-11-5-3-4-6-18(11)13(20)10-17-7-8-19-12(9-17)15-16(2)14(19)21/h11H,3-10H2,1-2H3. The molecule has 1 aromatic rings. The van der Waals surface area contributed by atoms with Gasteiger partial charge in [0.1, 0.15) is 5.82 Å². The fourth-order valence-electron chi connectivity index (χ4n) is 3.30. The van der Waals surface area contributed by atoms with Gasteiger partial charge in [0.2, 0.25) is 5.91 Å². The number of hydrogen-bond donors (Lipinski definition) is 0. The topological polar surface area (TPSA) is 63.4 Å². The summed E-state index contributed by atoms with van der Waals surface area (Å²) in [5.41, 5.74) is -0.0689. The Balaban J connectivity index is 1.64. The molecule has 21 heavy (non-hydrogen) atoms. The van der Waals surface area contributed by atoms with Crippen LogP contribution >= 0.6 is 0 Å². The van der Waals surface area contributed by atoms with Gasteiger partial charge in [-0.3, -0.25) is 14.3 Å². The molecule has 3 heterocycles. The van der Waals surface area contributed by atoms with Gasteiger partial charge >= 0.3 is 5.69 Å². The van der Waals surface area contributed by atoms with E-state index < -0.39 is 0 Å². The lowest BCUT2D eigenvalue weighted by molar-refractivity contribution is -0.136. The van der Waals surface area contributed by atoms with Crippen molar-refractivity contribution in [1.82, 2.24) is 24.1 Å². The van der Waals surface area contributed by atoms with Crippen LogP contribution in [0.15, 0.2) is 4.79 Å². The molecule has 0 bridgehead atoms. The van der Waals surface area contributed by atoms with Crippen LogP contribution in [0.1, 0.15) is 32.0 Å². The highest BCUT2D eigenvalue weighted by atomic mass is 16.2. The van der Waals surface area contributed by atoms with Gasteiger partial charge in [-0.2, -0.15) is 5.10 Å². The van der Waals surface area contributed by atoms with E-state index in [0.717, 1.165) is 31.8 Å². The smallest absolute Gasteiger partial charge is 0.339 e. The van der Waals surface area contributed by atoms with Gasteiger partial charge < -0.3 is 4.90 Å². The summed E-state index contributed by atoms with van der Waals surface area (Å²) in [5, 5.41) is 4.24. The van der Waals surface area contributed by atoms with Crippen LogP contribution in [0.2, 0.25) is 0 Å². The number of fused-ring (bicyclic) bond motifs is 1. The van der Waals surface area contributed by atoms with Crippen molar-refractivity contribution < 1.29 is 4.79 Å². The van der Waals surface area contributed by atoms with Crippen molar-refractivity contribution in [2.75, 3.05) is 19.6 Å². The van der Waals surface area contributed by atoms with Gasteiger partial charge in [-0.15, -0.1) is 0 Å². The van der Waals surface area contributed by atoms with Crippen LogP contribution in [0.5, 0.6) is 0 Å². The average molecular weight is 293 g/mol. The van der Waals surface area contributed by atoms with Gasteiger partial charge in [-0.05, 0) is 26.2 Å². The van der Waals surface area contributed by atoms with Crippen LogP contribution in [0.3, 0.4) is 0 Å². The Morgan fingerprint density at radius 1 is 1.29 bits per heavy atom. The van der Waals surface area contributed by atoms with Crippen LogP contribution in [0.4, 0.5) is 0 Å². The molecule has 7 nitrogen and oxygen atoms in total. The maximum absolute atomic E-state index is 12.5. The fraction of sp³-hybridized carbons (Fsp3) is 0.786. The molecule has 0 saturated carbocycles. The van der Waals surface area contributed by atoms with Crippen molar-refractivity contribution in [3.8, 4) is 0 Å². The summed E-state index contributed by atoms with van der Waals surface area (Å²) in [7, 11) is 1.67. The van der Waals surface area contributed by atoms with Crippen LogP contribution in [-0.2, 0) is 24.9 Å². The number of carbonyl (C=O) groups excluding carboxylic acids is 1. The van der Waals surface area contributed by atoms with E-state index in [2.05, 4.69) is 16.9 Å². The number of amides is 1. The van der Waals surface area contributed by atoms with Gasteiger partial charge in [-0.25, -0.2) is 9.48 Å². The first kappa shape index (κ1) is 14.3. The van der Waals surface area contributed by atoms with E-state index in [1.807, 2.05) is 4.90 Å². The zero-order valence-electron chi connectivity index (χ0n) is 12.8. The second-order valence-electron chi connectivity index (χ2n) is 6.12. The summed E-state index contributed by atoms with van der Waals surface area (Å²) in [6, 6.07) is 0.351. The number of carbonyl (C=O) groups is 1. The third-order valence-electron chi connectivity index (χ3n) is 4.57. The largest absolute Gasteiger partial charge is 0.345 e. The van der Waals surface area contributed by atoms with Gasteiger partial charge in [-0.1, -0.05) is 0 Å². The minimum atomic E-state index is -0.0689. The van der Waals surface area contributed by atoms with Crippen molar-refractivity contribution in [3.05, 3.63) is 16.3 Å². The molecule has 1 atom stereocenters. The predicted molar refractivity (Wildman–Crippen MR) is 77.8 cm³/mol. The highest BCUT2D eigenvalue weighted by Gasteiger charge is 2.27. The van der Waals surface area contributed by atoms with Crippen molar-refractivity contribution in [3.63, 3.8) is 0 Å². The number of likely N-dealkylation sites (tertiary alicyclic amines) is 1. The second-order valence-corrected chi connectivity index (χ2v) is 6.12. The van der Waals surface area contributed by atoms with Crippen LogP contribution in [-0.4, -0.2) is 55.7 Å². The van der Waals surface area contributed by atoms with E-state index in [-0.39, 0.29) is 11.6 Å². The Kier molecular flexibility index (Phi) is 3.84. The van der Waals surface area contributed by atoms with Gasteiger partial charge in [0.05, 0.1) is 13.1 Å². The number of aryl methyl sites for hydroxylation is 1. The van der Waals surface area contributed by atoms with Gasteiger partial charge in [0.25, 0.3) is 0 Å². The van der Waals surface area contributed by atoms with Crippen molar-refractivity contribution in [2.45, 2.75) is 45.3 Å². The summed E-state index contributed by atoms with van der Waals surface area (Å²) in [5.74, 6) is 0.960. The van der Waals surface area contributed by atoms with Crippen LogP contribution in [0, 0.1) is 0 Å². The van der Waals surface area contributed by atoms with Crippen molar-refractivity contribution in [1.29, 1.82) is 0 Å². The summed E-state index contributed by atoms with van der Waals surface area (Å²) in [6.45, 7) is 5.35. The Labute approximate surface area is 124 Å². The number of nitrogens with zero attached hydrogens (tertiary/aromatic N) is 5. The minimum Gasteiger partial charge on any atom is -0.339 e. The lowest BCUT2D eigenvalue weighted by Gasteiger charge is -2.35. The molecular weight excluding hydrogens is 270 g/mol. The van der Waals surface area contributed by atoms with Gasteiger partial charge in [0.15, 0.2) is 0 Å². The fourth-order valence-corrected chi connectivity index (χ4v) is 3.30. The van der Waals surface area contributed by atoms with E-state index in [9.17, 15) is 9.59 Å². The monoisotopic (exact) mass is 293 g/mol. The number of piperidine rings is 1. The molecule has 0 aliphatic carbocycles. The molecule has 2 aliphatic heterocycles. The number of hydrogen-bond acceptors (Lipinski definition) is 4. The summed E-state index contributed by atoms with van der Waals surface area (Å²) >= 11 is 0. The molecule has 1 fully saturated rings. The lowest BCUT2D eigenvalue weighted by atomic mass is 10.0. The maximum Gasteiger partial charge on any atom is 0.345 e. The SMILES string of the molecule is CC1CCCCN1C(=O)CN1CCn2c(nn(C)c2=O)C1. The van der Waals surface area contributed by atoms with Crippen molar-refractivity contribution in [2.24, 2.45) is 7.05 Å². The van der Waals surface area contributed by atoms with E-state index >= 15 is 0 Å². The molecule has 3 rings (SSSR count). The molecule has 0 spiro atoms. The minimum absolute atomic E-state index is 0.0689. The van der Waals surface area contributed by atoms with E-state index in [0.29, 0.717) is 25.7 Å². The Morgan fingerprint density at radius 3 is 2.86 bits per heavy atom. The highest BCUT2D eigenvalue weighted by Crippen LogP contribution is 2.17. The molecule has 0 radical (unpaired) electrons. The molecule has 1 saturated heterocycles.